The lowest BCUT2D eigenvalue weighted by molar-refractivity contribution is 0.594. The predicted octanol–water partition coefficient (Wildman–Crippen LogP) is 0.107. The predicted molar refractivity (Wildman–Crippen MR) is 52.4 cm³/mol. The first-order valence-electron chi connectivity index (χ1n) is 4.67. The third-order valence-corrected chi connectivity index (χ3v) is 1.84. The van der Waals surface area contributed by atoms with Crippen LogP contribution in [-0.2, 0) is 13.5 Å². The van der Waals surface area contributed by atoms with E-state index in [1.54, 1.807) is 11.0 Å². The Labute approximate surface area is 83.8 Å². The molecule has 1 rings (SSSR count). The number of hydrogen-bond acceptors (Lipinski definition) is 4. The number of nitrogens with one attached hydrogen (secondary N) is 1. The third-order valence-electron chi connectivity index (χ3n) is 1.84. The van der Waals surface area contributed by atoms with E-state index in [9.17, 15) is 0 Å². The number of rotatable bonds is 5. The monoisotopic (exact) mass is 193 g/mol. The molecule has 1 heterocycles. The SMILES string of the molecule is CC(C#N)CNCCc1ncn(C)n1. The lowest BCUT2D eigenvalue weighted by atomic mass is 10.2. The first-order chi connectivity index (χ1) is 6.72. The summed E-state index contributed by atoms with van der Waals surface area (Å²) < 4.78 is 1.69. The summed E-state index contributed by atoms with van der Waals surface area (Å²) >= 11 is 0. The normalized spacial score (nSPS) is 12.4. The molecule has 0 radical (unpaired) electrons. The standard InChI is InChI=1S/C9H15N5/c1-8(5-10)6-11-4-3-9-12-7-14(2)13-9/h7-8,11H,3-4,6H2,1-2H3. The van der Waals surface area contributed by atoms with Crippen molar-refractivity contribution in [1.82, 2.24) is 20.1 Å². The van der Waals surface area contributed by atoms with Crippen LogP contribution in [0.1, 0.15) is 12.7 Å². The van der Waals surface area contributed by atoms with E-state index in [-0.39, 0.29) is 5.92 Å². The molecule has 1 aromatic heterocycles. The van der Waals surface area contributed by atoms with E-state index in [1.165, 1.54) is 0 Å². The first-order valence-corrected chi connectivity index (χ1v) is 4.67. The maximum atomic E-state index is 8.54. The zero-order chi connectivity index (χ0) is 10.4. The van der Waals surface area contributed by atoms with Crippen molar-refractivity contribution < 1.29 is 0 Å². The summed E-state index contributed by atoms with van der Waals surface area (Å²) in [5.41, 5.74) is 0. The van der Waals surface area contributed by atoms with Gasteiger partial charge < -0.3 is 5.32 Å². The highest BCUT2D eigenvalue weighted by Crippen LogP contribution is 1.90. The Morgan fingerprint density at radius 2 is 2.50 bits per heavy atom. The Morgan fingerprint density at radius 1 is 1.71 bits per heavy atom. The smallest absolute Gasteiger partial charge is 0.151 e. The van der Waals surface area contributed by atoms with E-state index in [0.717, 1.165) is 25.3 Å². The third kappa shape index (κ3) is 3.54. The first kappa shape index (κ1) is 10.7. The van der Waals surface area contributed by atoms with E-state index in [4.69, 9.17) is 5.26 Å². The highest BCUT2D eigenvalue weighted by molar-refractivity contribution is 4.84. The van der Waals surface area contributed by atoms with E-state index < -0.39 is 0 Å². The van der Waals surface area contributed by atoms with Gasteiger partial charge in [0.25, 0.3) is 0 Å². The maximum Gasteiger partial charge on any atom is 0.151 e. The Balaban J connectivity index is 2.14. The fraction of sp³-hybridized carbons (Fsp3) is 0.667. The van der Waals surface area contributed by atoms with Gasteiger partial charge in [0.15, 0.2) is 5.82 Å². The van der Waals surface area contributed by atoms with Gasteiger partial charge in [0.1, 0.15) is 6.33 Å². The highest BCUT2D eigenvalue weighted by atomic mass is 15.3. The molecule has 0 amide bonds. The van der Waals surface area contributed by atoms with Crippen molar-refractivity contribution >= 4 is 0 Å². The van der Waals surface area contributed by atoms with Crippen LogP contribution in [0.5, 0.6) is 0 Å². The molecular weight excluding hydrogens is 178 g/mol. The average Bonchev–Trinajstić information content (AvgIpc) is 2.58. The van der Waals surface area contributed by atoms with Crippen LogP contribution < -0.4 is 5.32 Å². The molecule has 0 aliphatic carbocycles. The van der Waals surface area contributed by atoms with E-state index >= 15 is 0 Å². The van der Waals surface area contributed by atoms with Gasteiger partial charge in [-0.25, -0.2) is 4.98 Å². The van der Waals surface area contributed by atoms with Crippen molar-refractivity contribution in [3.63, 3.8) is 0 Å². The molecule has 0 saturated carbocycles. The van der Waals surface area contributed by atoms with Crippen LogP contribution in [0.4, 0.5) is 0 Å². The molecule has 0 aliphatic rings. The van der Waals surface area contributed by atoms with Crippen molar-refractivity contribution in [3.05, 3.63) is 12.2 Å². The molecule has 5 heteroatoms. The van der Waals surface area contributed by atoms with Gasteiger partial charge in [-0.3, -0.25) is 4.68 Å². The molecular formula is C9H15N5. The largest absolute Gasteiger partial charge is 0.315 e. The molecule has 0 saturated heterocycles. The molecule has 1 unspecified atom stereocenters. The number of nitrogens with zero attached hydrogens (tertiary/aromatic N) is 4. The van der Waals surface area contributed by atoms with Gasteiger partial charge in [-0.2, -0.15) is 10.4 Å². The van der Waals surface area contributed by atoms with Gasteiger partial charge in [0, 0.05) is 26.6 Å². The summed E-state index contributed by atoms with van der Waals surface area (Å²) in [6.45, 7) is 3.44. The highest BCUT2D eigenvalue weighted by Gasteiger charge is 2.00. The summed E-state index contributed by atoms with van der Waals surface area (Å²) in [6, 6.07) is 2.17. The Kier molecular flexibility index (Phi) is 4.08. The van der Waals surface area contributed by atoms with Crippen molar-refractivity contribution in [3.8, 4) is 6.07 Å². The van der Waals surface area contributed by atoms with Crippen molar-refractivity contribution in [1.29, 1.82) is 5.26 Å². The van der Waals surface area contributed by atoms with E-state index in [2.05, 4.69) is 21.5 Å². The summed E-state index contributed by atoms with van der Waals surface area (Å²) in [4.78, 5) is 4.10. The molecule has 1 aromatic rings. The van der Waals surface area contributed by atoms with E-state index in [1.807, 2.05) is 14.0 Å². The molecule has 76 valence electrons. The van der Waals surface area contributed by atoms with Crippen LogP contribution in [0.3, 0.4) is 0 Å². The van der Waals surface area contributed by atoms with Gasteiger partial charge >= 0.3 is 0 Å². The van der Waals surface area contributed by atoms with Crippen LogP contribution in [0.15, 0.2) is 6.33 Å². The van der Waals surface area contributed by atoms with Crippen molar-refractivity contribution in [2.45, 2.75) is 13.3 Å². The lowest BCUT2D eigenvalue weighted by Crippen LogP contribution is -2.23. The van der Waals surface area contributed by atoms with Crippen molar-refractivity contribution in [2.75, 3.05) is 13.1 Å². The fourth-order valence-corrected chi connectivity index (χ4v) is 1.06. The van der Waals surface area contributed by atoms with Gasteiger partial charge in [-0.05, 0) is 6.92 Å². The summed E-state index contributed by atoms with van der Waals surface area (Å²) in [6.07, 6.45) is 2.49. The molecule has 0 fully saturated rings. The fourth-order valence-electron chi connectivity index (χ4n) is 1.06. The minimum atomic E-state index is 0.0618. The Hall–Kier alpha value is -1.41. The Bertz CT molecular complexity index is 311. The molecule has 1 N–H and O–H groups in total. The number of hydrogen-bond donors (Lipinski definition) is 1. The molecule has 1 atom stereocenters. The second kappa shape index (κ2) is 5.35. The molecule has 5 nitrogen and oxygen atoms in total. The van der Waals surface area contributed by atoms with Crippen LogP contribution in [-0.4, -0.2) is 27.9 Å². The van der Waals surface area contributed by atoms with Crippen LogP contribution >= 0.6 is 0 Å². The number of aromatic nitrogens is 3. The summed E-state index contributed by atoms with van der Waals surface area (Å²) in [5.74, 6) is 0.899. The van der Waals surface area contributed by atoms with Crippen LogP contribution in [0.25, 0.3) is 0 Å². The molecule has 0 spiro atoms. The van der Waals surface area contributed by atoms with Crippen molar-refractivity contribution in [2.24, 2.45) is 13.0 Å². The van der Waals surface area contributed by atoms with Crippen LogP contribution in [0.2, 0.25) is 0 Å². The Morgan fingerprint density at radius 3 is 3.07 bits per heavy atom. The van der Waals surface area contributed by atoms with Gasteiger partial charge in [-0.1, -0.05) is 0 Å². The second-order valence-corrected chi connectivity index (χ2v) is 3.32. The summed E-state index contributed by atoms with van der Waals surface area (Å²) in [5, 5.41) is 15.9. The topological polar surface area (TPSA) is 66.5 Å². The number of aryl methyl sites for hydroxylation is 1. The number of nitriles is 1. The molecule has 14 heavy (non-hydrogen) atoms. The minimum Gasteiger partial charge on any atom is -0.315 e. The molecule has 0 aliphatic heterocycles. The second-order valence-electron chi connectivity index (χ2n) is 3.32. The van der Waals surface area contributed by atoms with Gasteiger partial charge in [-0.15, -0.1) is 0 Å². The zero-order valence-corrected chi connectivity index (χ0v) is 8.56. The van der Waals surface area contributed by atoms with E-state index in [0.29, 0.717) is 0 Å². The van der Waals surface area contributed by atoms with Gasteiger partial charge in [0.2, 0.25) is 0 Å². The summed E-state index contributed by atoms with van der Waals surface area (Å²) in [7, 11) is 1.85. The zero-order valence-electron chi connectivity index (χ0n) is 8.56. The lowest BCUT2D eigenvalue weighted by Gasteiger charge is -2.03. The molecule has 0 bridgehead atoms. The molecule has 0 aromatic carbocycles. The minimum absolute atomic E-state index is 0.0618. The quantitative estimate of drug-likeness (QED) is 0.674. The van der Waals surface area contributed by atoms with Gasteiger partial charge in [0.05, 0.1) is 12.0 Å². The van der Waals surface area contributed by atoms with Crippen LogP contribution in [0, 0.1) is 17.2 Å². The average molecular weight is 193 g/mol. The maximum absolute atomic E-state index is 8.54.